The van der Waals surface area contributed by atoms with Crippen LogP contribution in [0.15, 0.2) is 66.9 Å². The highest BCUT2D eigenvalue weighted by molar-refractivity contribution is 5.77. The molecule has 0 N–H and O–H groups in total. The summed E-state index contributed by atoms with van der Waals surface area (Å²) >= 11 is 0. The fourth-order valence-corrected chi connectivity index (χ4v) is 2.08. The van der Waals surface area contributed by atoms with Crippen molar-refractivity contribution >= 4 is 0 Å². The molecule has 1 heterocycles. The van der Waals surface area contributed by atoms with Crippen LogP contribution in [-0.2, 0) is 0 Å². The highest BCUT2D eigenvalue weighted by Gasteiger charge is 2.10. The van der Waals surface area contributed by atoms with Crippen molar-refractivity contribution in [1.29, 1.82) is 0 Å². The van der Waals surface area contributed by atoms with Gasteiger partial charge in [0.05, 0.1) is 17.1 Å². The maximum atomic E-state index is 4.66. The quantitative estimate of drug-likeness (QED) is 0.679. The van der Waals surface area contributed by atoms with Crippen LogP contribution in [0.2, 0.25) is 0 Å². The number of hydrogen-bond donors (Lipinski definition) is 0. The summed E-state index contributed by atoms with van der Waals surface area (Å²) in [7, 11) is 0. The van der Waals surface area contributed by atoms with E-state index in [9.17, 15) is 0 Å². The molecular weight excluding hydrogens is 232 g/mol. The van der Waals surface area contributed by atoms with Gasteiger partial charge in [0.25, 0.3) is 0 Å². The van der Waals surface area contributed by atoms with Gasteiger partial charge in [0, 0.05) is 17.3 Å². The van der Waals surface area contributed by atoms with Crippen molar-refractivity contribution in [2.45, 2.75) is 6.92 Å². The van der Waals surface area contributed by atoms with E-state index in [4.69, 9.17) is 0 Å². The first-order chi connectivity index (χ1) is 9.34. The molecule has 0 spiro atoms. The fraction of sp³-hybridized carbons (Fsp3) is 0.0588. The van der Waals surface area contributed by atoms with Crippen LogP contribution in [0.1, 0.15) is 5.69 Å². The molecule has 2 aromatic carbocycles. The van der Waals surface area contributed by atoms with Crippen LogP contribution in [0, 0.1) is 6.92 Å². The summed E-state index contributed by atoms with van der Waals surface area (Å²) < 4.78 is 0. The molecule has 3 rings (SSSR count). The lowest BCUT2D eigenvalue weighted by Crippen LogP contribution is -1.95. The van der Waals surface area contributed by atoms with E-state index in [-0.39, 0.29) is 0 Å². The molecule has 0 saturated heterocycles. The molecule has 0 saturated carbocycles. The van der Waals surface area contributed by atoms with Crippen molar-refractivity contribution in [1.82, 2.24) is 9.97 Å². The first-order valence-corrected chi connectivity index (χ1v) is 6.29. The molecule has 0 unspecified atom stereocenters. The molecular formula is C17H14N2. The highest BCUT2D eigenvalue weighted by Crippen LogP contribution is 2.28. The van der Waals surface area contributed by atoms with E-state index >= 15 is 0 Å². The largest absolute Gasteiger partial charge is 0.252 e. The maximum absolute atomic E-state index is 4.66. The predicted molar refractivity (Wildman–Crippen MR) is 77.6 cm³/mol. The van der Waals surface area contributed by atoms with Crippen molar-refractivity contribution in [3.8, 4) is 22.5 Å². The standard InChI is InChI=1S/C17H14N2/c1-13-12-18-16(14-8-4-2-5-9-14)17(19-13)15-10-6-3-7-11-15/h2-12H,1H3. The Bertz CT molecular complexity index is 676. The van der Waals surface area contributed by atoms with Gasteiger partial charge in [0.15, 0.2) is 0 Å². The summed E-state index contributed by atoms with van der Waals surface area (Å²) in [4.78, 5) is 9.22. The molecule has 19 heavy (non-hydrogen) atoms. The molecule has 0 radical (unpaired) electrons. The average molecular weight is 246 g/mol. The number of benzene rings is 2. The van der Waals surface area contributed by atoms with Crippen LogP contribution >= 0.6 is 0 Å². The minimum atomic E-state index is 0.928. The molecule has 3 aromatic rings. The molecule has 2 heteroatoms. The second-order valence-corrected chi connectivity index (χ2v) is 4.44. The molecule has 0 aliphatic heterocycles. The number of aromatic nitrogens is 2. The van der Waals surface area contributed by atoms with E-state index in [0.717, 1.165) is 28.2 Å². The van der Waals surface area contributed by atoms with Crippen LogP contribution in [-0.4, -0.2) is 9.97 Å². The van der Waals surface area contributed by atoms with Crippen LogP contribution in [0.3, 0.4) is 0 Å². The topological polar surface area (TPSA) is 25.8 Å². The number of aryl methyl sites for hydroxylation is 1. The van der Waals surface area contributed by atoms with Crippen LogP contribution in [0.25, 0.3) is 22.5 Å². The van der Waals surface area contributed by atoms with Crippen LogP contribution in [0.5, 0.6) is 0 Å². The Hall–Kier alpha value is -2.48. The van der Waals surface area contributed by atoms with E-state index < -0.39 is 0 Å². The van der Waals surface area contributed by atoms with Gasteiger partial charge in [0.1, 0.15) is 0 Å². The van der Waals surface area contributed by atoms with Gasteiger partial charge in [-0.3, -0.25) is 4.98 Å². The van der Waals surface area contributed by atoms with Crippen molar-refractivity contribution in [2.75, 3.05) is 0 Å². The zero-order valence-corrected chi connectivity index (χ0v) is 10.7. The number of hydrogen-bond acceptors (Lipinski definition) is 2. The number of nitrogens with zero attached hydrogens (tertiary/aromatic N) is 2. The molecule has 92 valence electrons. The first kappa shape index (κ1) is 11.6. The van der Waals surface area contributed by atoms with Gasteiger partial charge in [-0.2, -0.15) is 0 Å². The minimum Gasteiger partial charge on any atom is -0.252 e. The smallest absolute Gasteiger partial charge is 0.0968 e. The van der Waals surface area contributed by atoms with Crippen LogP contribution in [0.4, 0.5) is 0 Å². The molecule has 0 amide bonds. The monoisotopic (exact) mass is 246 g/mol. The zero-order chi connectivity index (χ0) is 13.1. The Morgan fingerprint density at radius 1 is 0.684 bits per heavy atom. The summed E-state index contributed by atoms with van der Waals surface area (Å²) in [6.45, 7) is 1.97. The Labute approximate surface area is 112 Å². The third-order valence-corrected chi connectivity index (χ3v) is 2.99. The Balaban J connectivity index is 2.21. The summed E-state index contributed by atoms with van der Waals surface area (Å²) in [6, 6.07) is 20.4. The van der Waals surface area contributed by atoms with Crippen molar-refractivity contribution in [3.63, 3.8) is 0 Å². The van der Waals surface area contributed by atoms with E-state index in [0.29, 0.717) is 0 Å². The van der Waals surface area contributed by atoms with Gasteiger partial charge in [0.2, 0.25) is 0 Å². The van der Waals surface area contributed by atoms with Gasteiger partial charge >= 0.3 is 0 Å². The SMILES string of the molecule is Cc1cnc(-c2ccccc2)c(-c2ccccc2)n1. The van der Waals surface area contributed by atoms with Crippen LogP contribution < -0.4 is 0 Å². The Morgan fingerprint density at radius 2 is 1.21 bits per heavy atom. The maximum Gasteiger partial charge on any atom is 0.0968 e. The molecule has 0 aliphatic rings. The minimum absolute atomic E-state index is 0.928. The normalized spacial score (nSPS) is 10.4. The van der Waals surface area contributed by atoms with Gasteiger partial charge in [-0.15, -0.1) is 0 Å². The Morgan fingerprint density at radius 3 is 1.79 bits per heavy atom. The van der Waals surface area contributed by atoms with Crippen molar-refractivity contribution in [3.05, 3.63) is 72.6 Å². The lowest BCUT2D eigenvalue weighted by Gasteiger charge is -2.09. The van der Waals surface area contributed by atoms with E-state index in [1.54, 1.807) is 0 Å². The molecule has 0 fully saturated rings. The summed E-state index contributed by atoms with van der Waals surface area (Å²) in [5.74, 6) is 0. The summed E-state index contributed by atoms with van der Waals surface area (Å²) in [6.07, 6.45) is 1.81. The van der Waals surface area contributed by atoms with E-state index in [2.05, 4.69) is 34.2 Å². The second kappa shape index (κ2) is 5.02. The molecule has 0 atom stereocenters. The second-order valence-electron chi connectivity index (χ2n) is 4.44. The third kappa shape index (κ3) is 2.38. The molecule has 1 aromatic heterocycles. The van der Waals surface area contributed by atoms with E-state index in [1.165, 1.54) is 0 Å². The van der Waals surface area contributed by atoms with Crippen molar-refractivity contribution < 1.29 is 0 Å². The zero-order valence-electron chi connectivity index (χ0n) is 10.7. The average Bonchev–Trinajstić information content (AvgIpc) is 2.49. The first-order valence-electron chi connectivity index (χ1n) is 6.29. The fourth-order valence-electron chi connectivity index (χ4n) is 2.08. The van der Waals surface area contributed by atoms with Gasteiger partial charge in [-0.1, -0.05) is 60.7 Å². The molecule has 0 bridgehead atoms. The highest BCUT2D eigenvalue weighted by atomic mass is 14.8. The summed E-state index contributed by atoms with van der Waals surface area (Å²) in [5, 5.41) is 0. The lowest BCUT2D eigenvalue weighted by atomic mass is 10.0. The van der Waals surface area contributed by atoms with Gasteiger partial charge < -0.3 is 0 Å². The van der Waals surface area contributed by atoms with Crippen molar-refractivity contribution in [2.24, 2.45) is 0 Å². The van der Waals surface area contributed by atoms with Gasteiger partial charge in [-0.25, -0.2) is 4.98 Å². The molecule has 0 aliphatic carbocycles. The summed E-state index contributed by atoms with van der Waals surface area (Å²) in [5.41, 5.74) is 4.98. The van der Waals surface area contributed by atoms with Gasteiger partial charge in [-0.05, 0) is 6.92 Å². The molecule has 2 nitrogen and oxygen atoms in total. The predicted octanol–water partition coefficient (Wildman–Crippen LogP) is 4.12. The number of rotatable bonds is 2. The third-order valence-electron chi connectivity index (χ3n) is 2.99. The van der Waals surface area contributed by atoms with E-state index in [1.807, 2.05) is 49.5 Å². The lowest BCUT2D eigenvalue weighted by molar-refractivity contribution is 1.13. The Kier molecular flexibility index (Phi) is 3.07.